The Balaban J connectivity index is 1.66. The number of nitrogens with one attached hydrogen (secondary N) is 2. The fraction of sp³-hybridized carbons (Fsp3) is 0.667. The molecule has 1 saturated heterocycles. The Labute approximate surface area is 197 Å². The number of sulfonamides is 1. The molecule has 1 unspecified atom stereocenters. The molecule has 0 spiro atoms. The number of nitrogens with zero attached hydrogens (tertiary/aromatic N) is 1. The molecule has 1 heterocycles. The SMILES string of the molecule is COc1ccc(S(=O)(=O)N[C@H](C(=O)N2CCCC(C(=O)NC3CCCCC3)C2)C(C)C)cc1. The third-order valence-corrected chi connectivity index (χ3v) is 8.10. The first-order chi connectivity index (χ1) is 15.7. The quantitative estimate of drug-likeness (QED) is 0.597. The fourth-order valence-electron chi connectivity index (χ4n) is 4.62. The minimum atomic E-state index is -3.89. The highest BCUT2D eigenvalue weighted by Crippen LogP contribution is 2.23. The molecule has 9 heteroatoms. The Morgan fingerprint density at radius 2 is 1.70 bits per heavy atom. The van der Waals surface area contributed by atoms with Gasteiger partial charge in [-0.25, -0.2) is 8.42 Å². The molecule has 2 amide bonds. The van der Waals surface area contributed by atoms with Gasteiger partial charge in [-0.05, 0) is 55.9 Å². The van der Waals surface area contributed by atoms with Crippen molar-refractivity contribution in [1.29, 1.82) is 0 Å². The largest absolute Gasteiger partial charge is 0.497 e. The maximum Gasteiger partial charge on any atom is 0.241 e. The van der Waals surface area contributed by atoms with Crippen molar-refractivity contribution in [2.45, 2.75) is 75.8 Å². The Kier molecular flexibility index (Phi) is 8.75. The summed E-state index contributed by atoms with van der Waals surface area (Å²) in [6.45, 7) is 4.48. The van der Waals surface area contributed by atoms with Crippen LogP contribution in [0.25, 0.3) is 0 Å². The maximum absolute atomic E-state index is 13.4. The highest BCUT2D eigenvalue weighted by molar-refractivity contribution is 7.89. The highest BCUT2D eigenvalue weighted by atomic mass is 32.2. The van der Waals surface area contributed by atoms with Gasteiger partial charge >= 0.3 is 0 Å². The zero-order chi connectivity index (χ0) is 24.0. The lowest BCUT2D eigenvalue weighted by molar-refractivity contribution is -0.138. The van der Waals surface area contributed by atoms with Crippen LogP contribution >= 0.6 is 0 Å². The molecule has 2 N–H and O–H groups in total. The van der Waals surface area contributed by atoms with E-state index >= 15 is 0 Å². The van der Waals surface area contributed by atoms with Crippen LogP contribution in [0, 0.1) is 11.8 Å². The number of hydrogen-bond donors (Lipinski definition) is 2. The van der Waals surface area contributed by atoms with Gasteiger partial charge in [-0.2, -0.15) is 4.72 Å². The first kappa shape index (κ1) is 25.5. The van der Waals surface area contributed by atoms with E-state index in [4.69, 9.17) is 4.74 Å². The summed E-state index contributed by atoms with van der Waals surface area (Å²) >= 11 is 0. The van der Waals surface area contributed by atoms with E-state index in [-0.39, 0.29) is 34.6 Å². The third kappa shape index (κ3) is 6.69. The minimum Gasteiger partial charge on any atom is -0.497 e. The van der Waals surface area contributed by atoms with Crippen LogP contribution in [0.2, 0.25) is 0 Å². The average Bonchev–Trinajstić information content (AvgIpc) is 2.82. The van der Waals surface area contributed by atoms with Gasteiger partial charge in [-0.1, -0.05) is 33.1 Å². The van der Waals surface area contributed by atoms with Crippen LogP contribution in [0.3, 0.4) is 0 Å². The number of amides is 2. The smallest absolute Gasteiger partial charge is 0.241 e. The molecule has 1 aliphatic carbocycles. The zero-order valence-corrected chi connectivity index (χ0v) is 20.7. The summed E-state index contributed by atoms with van der Waals surface area (Å²) in [4.78, 5) is 27.9. The normalized spacial score (nSPS) is 21.0. The van der Waals surface area contributed by atoms with Crippen LogP contribution in [0.5, 0.6) is 5.75 Å². The van der Waals surface area contributed by atoms with Crippen molar-refractivity contribution in [3.05, 3.63) is 24.3 Å². The van der Waals surface area contributed by atoms with Crippen molar-refractivity contribution in [2.75, 3.05) is 20.2 Å². The predicted octanol–water partition coefficient (Wildman–Crippen LogP) is 2.69. The Morgan fingerprint density at radius 1 is 1.03 bits per heavy atom. The van der Waals surface area contributed by atoms with Crippen molar-refractivity contribution >= 4 is 21.8 Å². The van der Waals surface area contributed by atoms with Crippen molar-refractivity contribution in [2.24, 2.45) is 11.8 Å². The maximum atomic E-state index is 13.4. The van der Waals surface area contributed by atoms with Gasteiger partial charge in [0, 0.05) is 19.1 Å². The molecule has 1 aromatic carbocycles. The van der Waals surface area contributed by atoms with E-state index in [0.717, 1.165) is 38.5 Å². The number of ether oxygens (including phenoxy) is 1. The molecule has 184 valence electrons. The molecule has 2 atom stereocenters. The first-order valence-electron chi connectivity index (χ1n) is 12.0. The number of hydrogen-bond acceptors (Lipinski definition) is 5. The van der Waals surface area contributed by atoms with E-state index in [2.05, 4.69) is 10.0 Å². The second-order valence-corrected chi connectivity index (χ2v) is 11.2. The van der Waals surface area contributed by atoms with Crippen LogP contribution in [-0.4, -0.2) is 57.4 Å². The number of piperidine rings is 1. The van der Waals surface area contributed by atoms with Gasteiger partial charge < -0.3 is 15.0 Å². The Morgan fingerprint density at radius 3 is 2.30 bits per heavy atom. The van der Waals surface area contributed by atoms with Gasteiger partial charge in [0.2, 0.25) is 21.8 Å². The van der Waals surface area contributed by atoms with Gasteiger partial charge in [-0.15, -0.1) is 0 Å². The van der Waals surface area contributed by atoms with Crippen molar-refractivity contribution < 1.29 is 22.7 Å². The third-order valence-electron chi connectivity index (χ3n) is 6.64. The molecule has 1 aliphatic heterocycles. The number of rotatable bonds is 8. The summed E-state index contributed by atoms with van der Waals surface area (Å²) in [5.41, 5.74) is 0. The summed E-state index contributed by atoms with van der Waals surface area (Å²) in [5.74, 6) is -0.217. The summed E-state index contributed by atoms with van der Waals surface area (Å²) in [7, 11) is -2.38. The van der Waals surface area contributed by atoms with Crippen LogP contribution in [0.4, 0.5) is 0 Å². The predicted molar refractivity (Wildman–Crippen MR) is 126 cm³/mol. The molecule has 1 saturated carbocycles. The number of likely N-dealkylation sites (tertiary alicyclic amines) is 1. The van der Waals surface area contributed by atoms with Crippen molar-refractivity contribution in [3.63, 3.8) is 0 Å². The van der Waals surface area contributed by atoms with E-state index in [1.165, 1.54) is 25.7 Å². The summed E-state index contributed by atoms with van der Waals surface area (Å²) < 4.78 is 33.6. The standard InChI is InChI=1S/C24H37N3O5S/c1-17(2)22(26-33(30,31)21-13-11-20(32-3)12-14-21)24(29)27-15-7-8-18(16-27)23(28)25-19-9-5-4-6-10-19/h11-14,17-19,22,26H,4-10,15-16H2,1-3H3,(H,25,28)/t18?,22-/m0/s1. The molecule has 0 radical (unpaired) electrons. The van der Waals surface area contributed by atoms with Gasteiger partial charge in [-0.3, -0.25) is 9.59 Å². The Bertz CT molecular complexity index is 911. The molecule has 3 rings (SSSR count). The number of methoxy groups -OCH3 is 1. The van der Waals surface area contributed by atoms with E-state index in [1.54, 1.807) is 17.0 Å². The topological polar surface area (TPSA) is 105 Å². The molecule has 0 aromatic heterocycles. The lowest BCUT2D eigenvalue weighted by atomic mass is 9.92. The van der Waals surface area contributed by atoms with Crippen LogP contribution in [0.15, 0.2) is 29.2 Å². The average molecular weight is 480 g/mol. The number of carbonyl (C=O) groups is 2. The molecule has 0 bridgehead atoms. The van der Waals surface area contributed by atoms with E-state index < -0.39 is 16.1 Å². The molecular formula is C24H37N3O5S. The van der Waals surface area contributed by atoms with Gasteiger partial charge in [0.1, 0.15) is 11.8 Å². The molecule has 33 heavy (non-hydrogen) atoms. The molecule has 1 aromatic rings. The fourth-order valence-corrected chi connectivity index (χ4v) is 5.95. The highest BCUT2D eigenvalue weighted by Gasteiger charge is 2.36. The minimum absolute atomic E-state index is 0.0133. The second kappa shape index (κ2) is 11.3. The van der Waals surface area contributed by atoms with Crippen LogP contribution < -0.4 is 14.8 Å². The summed E-state index contributed by atoms with van der Waals surface area (Å²) in [6.07, 6.45) is 7.01. The summed E-state index contributed by atoms with van der Waals surface area (Å²) in [6, 6.07) is 5.38. The number of benzene rings is 1. The van der Waals surface area contributed by atoms with Crippen LogP contribution in [0.1, 0.15) is 58.8 Å². The lowest BCUT2D eigenvalue weighted by Crippen LogP contribution is -2.55. The molecular weight excluding hydrogens is 442 g/mol. The second-order valence-electron chi connectivity index (χ2n) is 9.49. The van der Waals surface area contributed by atoms with Crippen LogP contribution in [-0.2, 0) is 19.6 Å². The van der Waals surface area contributed by atoms with Crippen molar-refractivity contribution in [1.82, 2.24) is 14.9 Å². The van der Waals surface area contributed by atoms with E-state index in [0.29, 0.717) is 18.8 Å². The van der Waals surface area contributed by atoms with E-state index in [9.17, 15) is 18.0 Å². The van der Waals surface area contributed by atoms with E-state index in [1.807, 2.05) is 13.8 Å². The molecule has 8 nitrogen and oxygen atoms in total. The van der Waals surface area contributed by atoms with Crippen molar-refractivity contribution in [3.8, 4) is 5.75 Å². The number of carbonyl (C=O) groups excluding carboxylic acids is 2. The van der Waals surface area contributed by atoms with Gasteiger partial charge in [0.05, 0.1) is 17.9 Å². The Hall–Kier alpha value is -2.13. The zero-order valence-electron chi connectivity index (χ0n) is 19.9. The lowest BCUT2D eigenvalue weighted by Gasteiger charge is -2.36. The summed E-state index contributed by atoms with van der Waals surface area (Å²) in [5, 5.41) is 3.17. The first-order valence-corrected chi connectivity index (χ1v) is 13.4. The molecule has 2 fully saturated rings. The van der Waals surface area contributed by atoms with Gasteiger partial charge in [0.25, 0.3) is 0 Å². The van der Waals surface area contributed by atoms with Gasteiger partial charge in [0.15, 0.2) is 0 Å². The monoisotopic (exact) mass is 479 g/mol. The molecule has 2 aliphatic rings.